The van der Waals surface area contributed by atoms with Crippen LogP contribution in [-0.2, 0) is 6.54 Å². The molecule has 0 radical (unpaired) electrons. The van der Waals surface area contributed by atoms with E-state index in [2.05, 4.69) is 64.4 Å². The molecule has 0 aliphatic rings. The van der Waals surface area contributed by atoms with Crippen LogP contribution in [0.3, 0.4) is 0 Å². The molecule has 0 saturated carbocycles. The Morgan fingerprint density at radius 1 is 1.38 bits per heavy atom. The summed E-state index contributed by atoms with van der Waals surface area (Å²) in [6.07, 6.45) is 1.21. The van der Waals surface area contributed by atoms with Crippen LogP contribution >= 0.6 is 15.9 Å². The van der Waals surface area contributed by atoms with Gasteiger partial charge in [-0.25, -0.2) is 0 Å². The molecule has 0 spiro atoms. The first-order chi connectivity index (χ1) is 7.72. The topological polar surface area (TPSA) is 15.3 Å². The number of hydrogen-bond donors (Lipinski definition) is 1. The van der Waals surface area contributed by atoms with Crippen molar-refractivity contribution < 1.29 is 0 Å². The Labute approximate surface area is 107 Å². The van der Waals surface area contributed by atoms with Gasteiger partial charge < -0.3 is 10.2 Å². The van der Waals surface area contributed by atoms with Gasteiger partial charge >= 0.3 is 0 Å². The van der Waals surface area contributed by atoms with Crippen LogP contribution in [0.5, 0.6) is 0 Å². The third-order valence-electron chi connectivity index (χ3n) is 2.48. The maximum absolute atomic E-state index is 3.50. The Balaban J connectivity index is 2.25. The minimum Gasteiger partial charge on any atom is -0.317 e. The SMILES string of the molecule is CCNCCCN(C)Cc1cccc(Br)c1. The predicted molar refractivity (Wildman–Crippen MR) is 73.6 cm³/mol. The fourth-order valence-electron chi connectivity index (χ4n) is 1.68. The highest BCUT2D eigenvalue weighted by Crippen LogP contribution is 2.12. The fourth-order valence-corrected chi connectivity index (χ4v) is 2.12. The molecule has 0 heterocycles. The molecule has 0 bridgehead atoms. The summed E-state index contributed by atoms with van der Waals surface area (Å²) in [6.45, 7) is 6.48. The predicted octanol–water partition coefficient (Wildman–Crippen LogP) is 2.88. The van der Waals surface area contributed by atoms with Crippen molar-refractivity contribution in [2.75, 3.05) is 26.7 Å². The molecule has 0 atom stereocenters. The molecular formula is C13H21BrN2. The van der Waals surface area contributed by atoms with Crippen LogP contribution in [0.25, 0.3) is 0 Å². The molecule has 0 amide bonds. The summed E-state index contributed by atoms with van der Waals surface area (Å²) < 4.78 is 1.16. The van der Waals surface area contributed by atoms with Gasteiger partial charge in [-0.3, -0.25) is 0 Å². The molecule has 0 fully saturated rings. The molecule has 1 aromatic rings. The molecule has 0 saturated heterocycles. The monoisotopic (exact) mass is 284 g/mol. The lowest BCUT2D eigenvalue weighted by atomic mass is 10.2. The van der Waals surface area contributed by atoms with Crippen molar-refractivity contribution >= 4 is 15.9 Å². The number of hydrogen-bond acceptors (Lipinski definition) is 2. The summed E-state index contributed by atoms with van der Waals surface area (Å²) in [4.78, 5) is 2.36. The van der Waals surface area contributed by atoms with E-state index in [4.69, 9.17) is 0 Å². The first kappa shape index (κ1) is 13.7. The molecule has 1 aromatic carbocycles. The zero-order valence-electron chi connectivity index (χ0n) is 10.2. The molecule has 1 rings (SSSR count). The van der Waals surface area contributed by atoms with Crippen molar-refractivity contribution in [2.24, 2.45) is 0 Å². The van der Waals surface area contributed by atoms with Crippen molar-refractivity contribution in [3.05, 3.63) is 34.3 Å². The second-order valence-corrected chi connectivity index (χ2v) is 4.99. The average Bonchev–Trinajstić information content (AvgIpc) is 2.24. The van der Waals surface area contributed by atoms with Crippen molar-refractivity contribution in [1.29, 1.82) is 0 Å². The van der Waals surface area contributed by atoms with Crippen molar-refractivity contribution in [1.82, 2.24) is 10.2 Å². The number of halogens is 1. The molecule has 3 heteroatoms. The van der Waals surface area contributed by atoms with E-state index in [1.54, 1.807) is 0 Å². The van der Waals surface area contributed by atoms with E-state index in [0.717, 1.165) is 30.7 Å². The Morgan fingerprint density at radius 3 is 2.88 bits per heavy atom. The van der Waals surface area contributed by atoms with Gasteiger partial charge in [-0.2, -0.15) is 0 Å². The molecule has 1 N–H and O–H groups in total. The summed E-state index contributed by atoms with van der Waals surface area (Å²) in [5.41, 5.74) is 1.36. The zero-order valence-corrected chi connectivity index (χ0v) is 11.8. The van der Waals surface area contributed by atoms with E-state index in [9.17, 15) is 0 Å². The molecule has 16 heavy (non-hydrogen) atoms. The molecule has 0 unspecified atom stereocenters. The van der Waals surface area contributed by atoms with Gasteiger partial charge in [-0.15, -0.1) is 0 Å². The van der Waals surface area contributed by atoms with Crippen molar-refractivity contribution in [3.8, 4) is 0 Å². The Hall–Kier alpha value is -0.380. The molecular weight excluding hydrogens is 264 g/mol. The lowest BCUT2D eigenvalue weighted by molar-refractivity contribution is 0.320. The summed E-state index contributed by atoms with van der Waals surface area (Å²) in [5.74, 6) is 0. The highest BCUT2D eigenvalue weighted by Gasteiger charge is 2.00. The number of benzene rings is 1. The lowest BCUT2D eigenvalue weighted by Crippen LogP contribution is -2.23. The van der Waals surface area contributed by atoms with Crippen LogP contribution < -0.4 is 5.32 Å². The first-order valence-electron chi connectivity index (χ1n) is 5.86. The van der Waals surface area contributed by atoms with Crippen LogP contribution in [0.2, 0.25) is 0 Å². The van der Waals surface area contributed by atoms with E-state index < -0.39 is 0 Å². The highest BCUT2D eigenvalue weighted by molar-refractivity contribution is 9.10. The van der Waals surface area contributed by atoms with Crippen LogP contribution in [0.1, 0.15) is 18.9 Å². The van der Waals surface area contributed by atoms with Gasteiger partial charge in [0.1, 0.15) is 0 Å². The normalized spacial score (nSPS) is 11.0. The third-order valence-corrected chi connectivity index (χ3v) is 2.98. The quantitative estimate of drug-likeness (QED) is 0.775. The van der Waals surface area contributed by atoms with E-state index in [0.29, 0.717) is 0 Å². The standard InChI is InChI=1S/C13H21BrN2/c1-3-15-8-5-9-16(2)11-12-6-4-7-13(14)10-12/h4,6-7,10,15H,3,5,8-9,11H2,1-2H3. The van der Waals surface area contributed by atoms with Crippen LogP contribution in [0.4, 0.5) is 0 Å². The second-order valence-electron chi connectivity index (χ2n) is 4.07. The Morgan fingerprint density at radius 2 is 2.19 bits per heavy atom. The fraction of sp³-hybridized carbons (Fsp3) is 0.538. The van der Waals surface area contributed by atoms with Gasteiger partial charge in [0, 0.05) is 11.0 Å². The van der Waals surface area contributed by atoms with Crippen molar-refractivity contribution in [2.45, 2.75) is 19.9 Å². The average molecular weight is 285 g/mol. The Bertz CT molecular complexity index is 302. The molecule has 0 aliphatic heterocycles. The first-order valence-corrected chi connectivity index (χ1v) is 6.65. The maximum Gasteiger partial charge on any atom is 0.0231 e. The van der Waals surface area contributed by atoms with Gasteiger partial charge in [-0.1, -0.05) is 35.0 Å². The largest absolute Gasteiger partial charge is 0.317 e. The summed E-state index contributed by atoms with van der Waals surface area (Å²) in [7, 11) is 2.17. The maximum atomic E-state index is 3.50. The minimum absolute atomic E-state index is 1.02. The summed E-state index contributed by atoms with van der Waals surface area (Å²) in [6, 6.07) is 8.51. The van der Waals surface area contributed by atoms with E-state index in [-0.39, 0.29) is 0 Å². The molecule has 2 nitrogen and oxygen atoms in total. The van der Waals surface area contributed by atoms with Crippen LogP contribution in [-0.4, -0.2) is 31.6 Å². The number of nitrogens with one attached hydrogen (secondary N) is 1. The lowest BCUT2D eigenvalue weighted by Gasteiger charge is -2.16. The van der Waals surface area contributed by atoms with Gasteiger partial charge in [0.2, 0.25) is 0 Å². The summed E-state index contributed by atoms with van der Waals surface area (Å²) >= 11 is 3.50. The third kappa shape index (κ3) is 5.64. The van der Waals surface area contributed by atoms with Gasteiger partial charge in [0.25, 0.3) is 0 Å². The zero-order chi connectivity index (χ0) is 11.8. The summed E-state index contributed by atoms with van der Waals surface area (Å²) in [5, 5.41) is 3.34. The molecule has 0 aliphatic carbocycles. The second kappa shape index (κ2) is 7.82. The van der Waals surface area contributed by atoms with E-state index in [1.807, 2.05) is 0 Å². The van der Waals surface area contributed by atoms with E-state index in [1.165, 1.54) is 12.0 Å². The highest BCUT2D eigenvalue weighted by atomic mass is 79.9. The van der Waals surface area contributed by atoms with Crippen molar-refractivity contribution in [3.63, 3.8) is 0 Å². The van der Waals surface area contributed by atoms with Gasteiger partial charge in [-0.05, 0) is 50.8 Å². The number of rotatable bonds is 7. The van der Waals surface area contributed by atoms with Crippen LogP contribution in [0, 0.1) is 0 Å². The number of nitrogens with zero attached hydrogens (tertiary/aromatic N) is 1. The Kier molecular flexibility index (Phi) is 6.69. The van der Waals surface area contributed by atoms with Gasteiger partial charge in [0.05, 0.1) is 0 Å². The minimum atomic E-state index is 1.02. The van der Waals surface area contributed by atoms with Crippen LogP contribution in [0.15, 0.2) is 28.7 Å². The van der Waals surface area contributed by atoms with E-state index >= 15 is 0 Å². The smallest absolute Gasteiger partial charge is 0.0231 e. The van der Waals surface area contributed by atoms with Gasteiger partial charge in [0.15, 0.2) is 0 Å². The molecule has 0 aromatic heterocycles. The molecule has 90 valence electrons.